The van der Waals surface area contributed by atoms with E-state index in [1.165, 1.54) is 18.9 Å². The molecule has 2 aromatic rings. The molecule has 0 saturated carbocycles. The normalized spacial score (nSPS) is 17.1. The van der Waals surface area contributed by atoms with Crippen molar-refractivity contribution >= 4 is 0 Å². The summed E-state index contributed by atoms with van der Waals surface area (Å²) in [6.07, 6.45) is 3.16. The summed E-state index contributed by atoms with van der Waals surface area (Å²) < 4.78 is 24.2. The molecule has 6 heteroatoms. The zero-order chi connectivity index (χ0) is 16.1. The molecule has 1 unspecified atom stereocenters. The molecule has 1 N–H and O–H groups in total. The van der Waals surface area contributed by atoms with Crippen molar-refractivity contribution in [1.82, 2.24) is 15.5 Å². The van der Waals surface area contributed by atoms with Crippen molar-refractivity contribution in [3.63, 3.8) is 0 Å². The van der Waals surface area contributed by atoms with E-state index < -0.39 is 5.82 Å². The fourth-order valence-corrected chi connectivity index (χ4v) is 2.99. The average Bonchev–Trinajstić information content (AvgIpc) is 3.02. The van der Waals surface area contributed by atoms with E-state index in [1.807, 2.05) is 0 Å². The maximum atomic E-state index is 13.5. The number of benzene rings is 1. The van der Waals surface area contributed by atoms with Crippen molar-refractivity contribution in [1.29, 1.82) is 0 Å². The molecule has 0 bridgehead atoms. The summed E-state index contributed by atoms with van der Waals surface area (Å²) >= 11 is 0. The molecule has 1 atom stereocenters. The van der Waals surface area contributed by atoms with Crippen molar-refractivity contribution in [2.75, 3.05) is 13.1 Å². The molecule has 1 aliphatic rings. The van der Waals surface area contributed by atoms with Crippen molar-refractivity contribution in [3.8, 4) is 5.75 Å². The van der Waals surface area contributed by atoms with Gasteiger partial charge in [-0.25, -0.2) is 4.39 Å². The smallest absolute Gasteiger partial charge is 0.227 e. The highest BCUT2D eigenvalue weighted by atomic mass is 19.1. The van der Waals surface area contributed by atoms with Gasteiger partial charge in [-0.3, -0.25) is 0 Å². The van der Waals surface area contributed by atoms with Gasteiger partial charge < -0.3 is 14.6 Å². The maximum absolute atomic E-state index is 13.5. The fourth-order valence-electron chi connectivity index (χ4n) is 2.99. The summed E-state index contributed by atoms with van der Waals surface area (Å²) in [4.78, 5) is 4.35. The fraction of sp³-hybridized carbons (Fsp3) is 0.529. The zero-order valence-corrected chi connectivity index (χ0v) is 13.3. The highest BCUT2D eigenvalue weighted by Crippen LogP contribution is 2.24. The highest BCUT2D eigenvalue weighted by Gasteiger charge is 2.22. The molecule has 0 spiro atoms. The van der Waals surface area contributed by atoms with Gasteiger partial charge in [0.25, 0.3) is 0 Å². The molecule has 1 aromatic carbocycles. The second-order valence-electron chi connectivity index (χ2n) is 6.09. The molecule has 1 fully saturated rings. The van der Waals surface area contributed by atoms with E-state index in [0.717, 1.165) is 19.5 Å². The van der Waals surface area contributed by atoms with Gasteiger partial charge in [0.05, 0.1) is 0 Å². The molecule has 1 saturated heterocycles. The van der Waals surface area contributed by atoms with E-state index in [1.54, 1.807) is 18.2 Å². The van der Waals surface area contributed by atoms with E-state index in [-0.39, 0.29) is 12.4 Å². The van der Waals surface area contributed by atoms with Crippen LogP contribution in [0.15, 0.2) is 28.8 Å². The van der Waals surface area contributed by atoms with E-state index in [9.17, 15) is 4.39 Å². The van der Waals surface area contributed by atoms with Gasteiger partial charge in [0, 0.05) is 6.42 Å². The second kappa shape index (κ2) is 7.55. The first-order chi connectivity index (χ1) is 11.2. The standard InChI is InChI=1S/C17H22FN3O2/c1-12(13-6-8-19-9-7-13)10-17-20-16(21-23-17)11-22-15-5-3-2-4-14(15)18/h2-5,12-13,19H,6-11H2,1H3. The van der Waals surface area contributed by atoms with Crippen LogP contribution in [-0.2, 0) is 13.0 Å². The van der Waals surface area contributed by atoms with Gasteiger partial charge in [0.15, 0.2) is 18.2 Å². The Hall–Kier alpha value is -1.95. The third-order valence-corrected chi connectivity index (χ3v) is 4.39. The average molecular weight is 319 g/mol. The minimum Gasteiger partial charge on any atom is -0.482 e. The molecule has 23 heavy (non-hydrogen) atoms. The molecule has 3 rings (SSSR count). The lowest BCUT2D eigenvalue weighted by Gasteiger charge is -2.27. The van der Waals surface area contributed by atoms with Crippen LogP contribution < -0.4 is 10.1 Å². The van der Waals surface area contributed by atoms with Gasteiger partial charge >= 0.3 is 0 Å². The molecule has 1 aromatic heterocycles. The number of aromatic nitrogens is 2. The third kappa shape index (κ3) is 4.28. The van der Waals surface area contributed by atoms with Crippen molar-refractivity contribution in [2.24, 2.45) is 11.8 Å². The number of hydrogen-bond donors (Lipinski definition) is 1. The van der Waals surface area contributed by atoms with Crippen LogP contribution in [0.3, 0.4) is 0 Å². The number of nitrogens with one attached hydrogen (secondary N) is 1. The Morgan fingerprint density at radius 1 is 1.35 bits per heavy atom. The molecule has 1 aliphatic heterocycles. The summed E-state index contributed by atoms with van der Waals surface area (Å²) in [5.74, 6) is 2.08. The summed E-state index contributed by atoms with van der Waals surface area (Å²) in [6.45, 7) is 4.50. The van der Waals surface area contributed by atoms with Crippen molar-refractivity contribution < 1.29 is 13.7 Å². The van der Waals surface area contributed by atoms with Crippen LogP contribution in [0.1, 0.15) is 31.5 Å². The summed E-state index contributed by atoms with van der Waals surface area (Å²) in [7, 11) is 0. The van der Waals surface area contributed by atoms with Crippen LogP contribution in [-0.4, -0.2) is 23.2 Å². The maximum Gasteiger partial charge on any atom is 0.227 e. The minimum atomic E-state index is -0.393. The minimum absolute atomic E-state index is 0.103. The van der Waals surface area contributed by atoms with Gasteiger partial charge in [-0.1, -0.05) is 24.2 Å². The molecule has 2 heterocycles. The lowest BCUT2D eigenvalue weighted by Crippen LogP contribution is -2.31. The predicted molar refractivity (Wildman–Crippen MR) is 83.5 cm³/mol. The lowest BCUT2D eigenvalue weighted by molar-refractivity contribution is 0.250. The lowest BCUT2D eigenvalue weighted by atomic mass is 9.84. The van der Waals surface area contributed by atoms with Gasteiger partial charge in [0.2, 0.25) is 11.7 Å². The summed E-state index contributed by atoms with van der Waals surface area (Å²) in [6, 6.07) is 6.28. The number of rotatable bonds is 6. The molecule has 5 nitrogen and oxygen atoms in total. The van der Waals surface area contributed by atoms with Crippen LogP contribution in [0.25, 0.3) is 0 Å². The topological polar surface area (TPSA) is 60.2 Å². The third-order valence-electron chi connectivity index (χ3n) is 4.39. The number of nitrogens with zero attached hydrogens (tertiary/aromatic N) is 2. The quantitative estimate of drug-likeness (QED) is 0.887. The first-order valence-corrected chi connectivity index (χ1v) is 8.12. The van der Waals surface area contributed by atoms with Gasteiger partial charge in [-0.2, -0.15) is 4.98 Å². The summed E-state index contributed by atoms with van der Waals surface area (Å²) in [5, 5.41) is 7.29. The number of hydrogen-bond acceptors (Lipinski definition) is 5. The van der Waals surface area contributed by atoms with Crippen LogP contribution >= 0.6 is 0 Å². The molecule has 0 amide bonds. The van der Waals surface area contributed by atoms with Gasteiger partial charge in [0.1, 0.15) is 0 Å². The van der Waals surface area contributed by atoms with Crippen LogP contribution in [0.5, 0.6) is 5.75 Å². The first kappa shape index (κ1) is 15.9. The largest absolute Gasteiger partial charge is 0.482 e. The van der Waals surface area contributed by atoms with E-state index in [0.29, 0.717) is 23.6 Å². The first-order valence-electron chi connectivity index (χ1n) is 8.12. The van der Waals surface area contributed by atoms with Crippen LogP contribution in [0.4, 0.5) is 4.39 Å². The van der Waals surface area contributed by atoms with Gasteiger partial charge in [-0.15, -0.1) is 0 Å². The molecular weight excluding hydrogens is 297 g/mol. The molecular formula is C17H22FN3O2. The van der Waals surface area contributed by atoms with Crippen LogP contribution in [0.2, 0.25) is 0 Å². The molecule has 0 radical (unpaired) electrons. The van der Waals surface area contributed by atoms with E-state index in [4.69, 9.17) is 9.26 Å². The number of piperidine rings is 1. The Bertz CT molecular complexity index is 626. The number of para-hydroxylation sites is 1. The molecule has 124 valence electrons. The Morgan fingerprint density at radius 3 is 2.91 bits per heavy atom. The Labute approximate surface area is 135 Å². The van der Waals surface area contributed by atoms with E-state index in [2.05, 4.69) is 22.4 Å². The van der Waals surface area contributed by atoms with Gasteiger partial charge in [-0.05, 0) is 49.9 Å². The number of ether oxygens (including phenoxy) is 1. The SMILES string of the molecule is CC(Cc1nc(COc2ccccc2F)no1)C1CCNCC1. The Morgan fingerprint density at radius 2 is 2.13 bits per heavy atom. The number of halogens is 1. The Balaban J connectivity index is 1.52. The Kier molecular flexibility index (Phi) is 5.23. The van der Waals surface area contributed by atoms with Crippen LogP contribution in [0, 0.1) is 17.7 Å². The monoisotopic (exact) mass is 319 g/mol. The predicted octanol–water partition coefficient (Wildman–Crippen LogP) is 2.97. The summed E-state index contributed by atoms with van der Waals surface area (Å²) in [5.41, 5.74) is 0. The highest BCUT2D eigenvalue weighted by molar-refractivity contribution is 5.23. The molecule has 0 aliphatic carbocycles. The van der Waals surface area contributed by atoms with Crippen molar-refractivity contribution in [3.05, 3.63) is 41.8 Å². The van der Waals surface area contributed by atoms with Crippen molar-refractivity contribution in [2.45, 2.75) is 32.8 Å². The zero-order valence-electron chi connectivity index (χ0n) is 13.3. The van der Waals surface area contributed by atoms with E-state index >= 15 is 0 Å². The second-order valence-corrected chi connectivity index (χ2v) is 6.09.